The maximum Gasteiger partial charge on any atom is 0.0537 e. The van der Waals surface area contributed by atoms with Crippen molar-refractivity contribution in [1.29, 1.82) is 0 Å². The summed E-state index contributed by atoms with van der Waals surface area (Å²) >= 11 is 0. The molecular weight excluding hydrogens is 210 g/mol. The quantitative estimate of drug-likeness (QED) is 0.869. The standard InChI is InChI=1S/C14H25N3/c1-11-5-4-6-13(7-11)8-15-9-14-10-16-17(3)12(14)2/h10-11,13,15H,4-9H2,1-3H3. The van der Waals surface area contributed by atoms with Crippen molar-refractivity contribution in [3.8, 4) is 0 Å². The van der Waals surface area contributed by atoms with Crippen LogP contribution in [0.2, 0.25) is 0 Å². The summed E-state index contributed by atoms with van der Waals surface area (Å²) in [7, 11) is 2.00. The molecule has 1 aliphatic rings. The number of hydrogen-bond acceptors (Lipinski definition) is 2. The lowest BCUT2D eigenvalue weighted by molar-refractivity contribution is 0.274. The van der Waals surface area contributed by atoms with Gasteiger partial charge in [0.05, 0.1) is 6.20 Å². The molecule has 1 aliphatic carbocycles. The Morgan fingerprint density at radius 2 is 2.29 bits per heavy atom. The van der Waals surface area contributed by atoms with Crippen LogP contribution in [0.5, 0.6) is 0 Å². The maximum atomic E-state index is 4.27. The second-order valence-corrected chi connectivity index (χ2v) is 5.65. The fourth-order valence-electron chi connectivity index (χ4n) is 2.87. The van der Waals surface area contributed by atoms with Gasteiger partial charge in [0.25, 0.3) is 0 Å². The highest BCUT2D eigenvalue weighted by Gasteiger charge is 2.18. The van der Waals surface area contributed by atoms with Crippen molar-refractivity contribution in [3.63, 3.8) is 0 Å². The molecule has 0 bridgehead atoms. The number of rotatable bonds is 4. The molecule has 2 unspecified atom stereocenters. The summed E-state index contributed by atoms with van der Waals surface area (Å²) in [5.41, 5.74) is 2.60. The Morgan fingerprint density at radius 3 is 2.94 bits per heavy atom. The van der Waals surface area contributed by atoms with Crippen LogP contribution in [0.3, 0.4) is 0 Å². The summed E-state index contributed by atoms with van der Waals surface area (Å²) in [5.74, 6) is 1.81. The number of nitrogens with zero attached hydrogens (tertiary/aromatic N) is 2. The second kappa shape index (κ2) is 5.67. The minimum absolute atomic E-state index is 0.885. The van der Waals surface area contributed by atoms with E-state index in [0.717, 1.165) is 18.4 Å². The van der Waals surface area contributed by atoms with Crippen molar-refractivity contribution in [2.75, 3.05) is 6.54 Å². The lowest BCUT2D eigenvalue weighted by Crippen LogP contribution is -2.26. The number of nitrogens with one attached hydrogen (secondary N) is 1. The van der Waals surface area contributed by atoms with E-state index in [1.165, 1.54) is 43.5 Å². The smallest absolute Gasteiger partial charge is 0.0537 e. The third-order valence-electron chi connectivity index (χ3n) is 4.13. The highest BCUT2D eigenvalue weighted by molar-refractivity contribution is 5.15. The first kappa shape index (κ1) is 12.6. The third-order valence-corrected chi connectivity index (χ3v) is 4.13. The molecular formula is C14H25N3. The van der Waals surface area contributed by atoms with Crippen LogP contribution in [0, 0.1) is 18.8 Å². The molecule has 1 saturated carbocycles. The summed E-state index contributed by atoms with van der Waals surface area (Å²) in [6.07, 6.45) is 7.63. The van der Waals surface area contributed by atoms with Crippen LogP contribution in [0.25, 0.3) is 0 Å². The van der Waals surface area contributed by atoms with Crippen molar-refractivity contribution in [3.05, 3.63) is 17.5 Å². The van der Waals surface area contributed by atoms with Gasteiger partial charge < -0.3 is 5.32 Å². The zero-order valence-corrected chi connectivity index (χ0v) is 11.4. The van der Waals surface area contributed by atoms with E-state index in [0.29, 0.717) is 0 Å². The van der Waals surface area contributed by atoms with Gasteiger partial charge in [-0.3, -0.25) is 4.68 Å². The van der Waals surface area contributed by atoms with Crippen LogP contribution in [-0.4, -0.2) is 16.3 Å². The summed E-state index contributed by atoms with van der Waals surface area (Å²) in [6, 6.07) is 0. The lowest BCUT2D eigenvalue weighted by Gasteiger charge is -2.26. The van der Waals surface area contributed by atoms with Gasteiger partial charge in [0.1, 0.15) is 0 Å². The van der Waals surface area contributed by atoms with Crippen molar-refractivity contribution < 1.29 is 0 Å². The minimum atomic E-state index is 0.885. The molecule has 1 fully saturated rings. The molecule has 3 heteroatoms. The molecule has 0 amide bonds. The summed E-state index contributed by atoms with van der Waals surface area (Å²) < 4.78 is 1.94. The monoisotopic (exact) mass is 235 g/mol. The van der Waals surface area contributed by atoms with Gasteiger partial charge in [-0.05, 0) is 38.1 Å². The summed E-state index contributed by atoms with van der Waals surface area (Å²) in [4.78, 5) is 0. The zero-order valence-electron chi connectivity index (χ0n) is 11.4. The topological polar surface area (TPSA) is 29.9 Å². The predicted octanol–water partition coefficient (Wildman–Crippen LogP) is 2.64. The minimum Gasteiger partial charge on any atom is -0.312 e. The Morgan fingerprint density at radius 1 is 1.47 bits per heavy atom. The molecule has 96 valence electrons. The van der Waals surface area contributed by atoms with Gasteiger partial charge in [0.2, 0.25) is 0 Å². The van der Waals surface area contributed by atoms with Crippen molar-refractivity contribution in [2.45, 2.75) is 46.1 Å². The van der Waals surface area contributed by atoms with Crippen molar-refractivity contribution in [1.82, 2.24) is 15.1 Å². The Bertz CT molecular complexity index is 356. The molecule has 1 aromatic rings. The molecule has 2 rings (SSSR count). The molecule has 0 saturated heterocycles. The van der Waals surface area contributed by atoms with E-state index >= 15 is 0 Å². The highest BCUT2D eigenvalue weighted by atomic mass is 15.3. The van der Waals surface area contributed by atoms with Gasteiger partial charge in [-0.2, -0.15) is 5.10 Å². The van der Waals surface area contributed by atoms with E-state index in [2.05, 4.69) is 24.3 Å². The molecule has 2 atom stereocenters. The third kappa shape index (κ3) is 3.32. The number of aryl methyl sites for hydroxylation is 1. The van der Waals surface area contributed by atoms with E-state index in [9.17, 15) is 0 Å². The van der Waals surface area contributed by atoms with Gasteiger partial charge in [-0.1, -0.05) is 19.8 Å². The van der Waals surface area contributed by atoms with Crippen LogP contribution in [0.1, 0.15) is 43.9 Å². The first-order chi connectivity index (χ1) is 8.16. The number of hydrogen-bond donors (Lipinski definition) is 1. The molecule has 3 nitrogen and oxygen atoms in total. The molecule has 0 aromatic carbocycles. The fourth-order valence-corrected chi connectivity index (χ4v) is 2.87. The average Bonchev–Trinajstić information content (AvgIpc) is 2.61. The van der Waals surface area contributed by atoms with Crippen LogP contribution in [0.15, 0.2) is 6.20 Å². The Balaban J connectivity index is 1.74. The van der Waals surface area contributed by atoms with E-state index in [-0.39, 0.29) is 0 Å². The van der Waals surface area contributed by atoms with Gasteiger partial charge in [0, 0.05) is 24.8 Å². The predicted molar refractivity (Wildman–Crippen MR) is 70.8 cm³/mol. The van der Waals surface area contributed by atoms with Gasteiger partial charge in [-0.25, -0.2) is 0 Å². The normalized spacial score (nSPS) is 25.1. The largest absolute Gasteiger partial charge is 0.312 e. The van der Waals surface area contributed by atoms with E-state index in [4.69, 9.17) is 0 Å². The van der Waals surface area contributed by atoms with Crippen molar-refractivity contribution in [2.24, 2.45) is 18.9 Å². The summed E-state index contributed by atoms with van der Waals surface area (Å²) in [6.45, 7) is 6.65. The molecule has 17 heavy (non-hydrogen) atoms. The first-order valence-corrected chi connectivity index (χ1v) is 6.85. The molecule has 0 aliphatic heterocycles. The van der Waals surface area contributed by atoms with Crippen LogP contribution >= 0.6 is 0 Å². The zero-order chi connectivity index (χ0) is 12.3. The molecule has 1 heterocycles. The Labute approximate surface area is 105 Å². The van der Waals surface area contributed by atoms with E-state index < -0.39 is 0 Å². The van der Waals surface area contributed by atoms with Gasteiger partial charge >= 0.3 is 0 Å². The molecule has 1 N–H and O–H groups in total. The Kier molecular flexibility index (Phi) is 4.21. The lowest BCUT2D eigenvalue weighted by atomic mass is 9.82. The molecule has 1 aromatic heterocycles. The van der Waals surface area contributed by atoms with Gasteiger partial charge in [0.15, 0.2) is 0 Å². The SMILES string of the molecule is Cc1c(CNCC2CCCC(C)C2)cnn1C. The maximum absolute atomic E-state index is 4.27. The highest BCUT2D eigenvalue weighted by Crippen LogP contribution is 2.27. The Hall–Kier alpha value is -0.830. The van der Waals surface area contributed by atoms with E-state index in [1.807, 2.05) is 17.9 Å². The number of aromatic nitrogens is 2. The van der Waals surface area contributed by atoms with Crippen LogP contribution in [0.4, 0.5) is 0 Å². The van der Waals surface area contributed by atoms with E-state index in [1.54, 1.807) is 0 Å². The molecule has 0 radical (unpaired) electrons. The van der Waals surface area contributed by atoms with Crippen LogP contribution in [-0.2, 0) is 13.6 Å². The summed E-state index contributed by atoms with van der Waals surface area (Å²) in [5, 5.41) is 7.86. The van der Waals surface area contributed by atoms with Crippen LogP contribution < -0.4 is 5.32 Å². The average molecular weight is 235 g/mol. The molecule has 0 spiro atoms. The first-order valence-electron chi connectivity index (χ1n) is 6.85. The fraction of sp³-hybridized carbons (Fsp3) is 0.786. The second-order valence-electron chi connectivity index (χ2n) is 5.65. The van der Waals surface area contributed by atoms with Crippen molar-refractivity contribution >= 4 is 0 Å². The van der Waals surface area contributed by atoms with Gasteiger partial charge in [-0.15, -0.1) is 0 Å².